The second kappa shape index (κ2) is 5.80. The number of anilines is 1. The fraction of sp³-hybridized carbons (Fsp3) is 0.222. The summed E-state index contributed by atoms with van der Waals surface area (Å²) in [5, 5.41) is 13.5. The number of hydrazone groups is 1. The van der Waals surface area contributed by atoms with Gasteiger partial charge in [0.15, 0.2) is 0 Å². The molecule has 0 aromatic heterocycles. The van der Waals surface area contributed by atoms with Crippen LogP contribution >= 0.6 is 23.2 Å². The van der Waals surface area contributed by atoms with Crippen LogP contribution in [0.2, 0.25) is 10.0 Å². The van der Waals surface area contributed by atoms with Crippen molar-refractivity contribution in [3.63, 3.8) is 0 Å². The Labute approximate surface area is 97.8 Å². The number of halogens is 2. The second-order valence-corrected chi connectivity index (χ2v) is 3.58. The third kappa shape index (κ3) is 3.58. The molecule has 0 saturated heterocycles. The highest BCUT2D eigenvalue weighted by Crippen LogP contribution is 2.24. The van der Waals surface area contributed by atoms with Crippen LogP contribution in [-0.4, -0.2) is 11.0 Å². The van der Waals surface area contributed by atoms with Gasteiger partial charge in [-0.1, -0.05) is 30.1 Å². The molecular weight excluding hydrogens is 237 g/mol. The van der Waals surface area contributed by atoms with E-state index >= 15 is 0 Å². The van der Waals surface area contributed by atoms with Crippen molar-refractivity contribution >= 4 is 34.7 Å². The molecule has 0 atom stereocenters. The predicted octanol–water partition coefficient (Wildman–Crippen LogP) is 3.11. The molecule has 0 fully saturated rings. The summed E-state index contributed by atoms with van der Waals surface area (Å²) < 4.78 is 0. The lowest BCUT2D eigenvalue weighted by atomic mass is 10.3. The topological polar surface area (TPSA) is 56.7 Å². The maximum atomic E-state index is 8.63. The lowest BCUT2D eigenvalue weighted by molar-refractivity contribution is 0.232. The normalized spacial score (nSPS) is 11.3. The van der Waals surface area contributed by atoms with Gasteiger partial charge in [0.25, 0.3) is 0 Å². The Morgan fingerprint density at radius 2 is 2.13 bits per heavy atom. The number of amidine groups is 1. The second-order valence-electron chi connectivity index (χ2n) is 2.76. The Kier molecular flexibility index (Phi) is 4.68. The molecule has 0 spiro atoms. The van der Waals surface area contributed by atoms with E-state index in [1.54, 1.807) is 18.2 Å². The summed E-state index contributed by atoms with van der Waals surface area (Å²) in [5.74, 6) is 0.432. The van der Waals surface area contributed by atoms with Crippen LogP contribution in [0.4, 0.5) is 5.69 Å². The zero-order valence-electron chi connectivity index (χ0n) is 8.09. The van der Waals surface area contributed by atoms with Crippen molar-refractivity contribution in [2.75, 3.05) is 5.43 Å². The Hall–Kier alpha value is -0.970. The molecule has 0 heterocycles. The molecule has 0 unspecified atom stereocenters. The van der Waals surface area contributed by atoms with Crippen molar-refractivity contribution in [2.24, 2.45) is 5.10 Å². The third-order valence-electron chi connectivity index (χ3n) is 1.70. The summed E-state index contributed by atoms with van der Waals surface area (Å²) in [6.07, 6.45) is 0.588. The molecule has 0 saturated carbocycles. The predicted molar refractivity (Wildman–Crippen MR) is 62.7 cm³/mol. The first-order valence-corrected chi connectivity index (χ1v) is 5.10. The van der Waals surface area contributed by atoms with Crippen LogP contribution in [0.15, 0.2) is 23.3 Å². The zero-order chi connectivity index (χ0) is 11.3. The fourth-order valence-electron chi connectivity index (χ4n) is 0.881. The van der Waals surface area contributed by atoms with Crippen LogP contribution in [0, 0.1) is 0 Å². The summed E-state index contributed by atoms with van der Waals surface area (Å²) >= 11 is 11.6. The van der Waals surface area contributed by atoms with E-state index in [-0.39, 0.29) is 0 Å². The Morgan fingerprint density at radius 1 is 1.40 bits per heavy atom. The minimum atomic E-state index is 0.432. The summed E-state index contributed by atoms with van der Waals surface area (Å²) in [6, 6.07) is 5.06. The SMILES string of the molecule is CCC(=NNc1ccc(Cl)c(Cl)c1)NO. The summed E-state index contributed by atoms with van der Waals surface area (Å²) in [4.78, 5) is 0. The number of rotatable bonds is 3. The van der Waals surface area contributed by atoms with E-state index in [1.165, 1.54) is 0 Å². The quantitative estimate of drug-likeness (QED) is 0.437. The molecule has 6 heteroatoms. The first-order valence-electron chi connectivity index (χ1n) is 4.35. The van der Waals surface area contributed by atoms with Crippen LogP contribution in [0.3, 0.4) is 0 Å². The maximum absolute atomic E-state index is 8.63. The fourth-order valence-corrected chi connectivity index (χ4v) is 1.18. The van der Waals surface area contributed by atoms with Crippen molar-refractivity contribution in [1.82, 2.24) is 5.48 Å². The van der Waals surface area contributed by atoms with E-state index in [1.807, 2.05) is 12.4 Å². The van der Waals surface area contributed by atoms with Crippen LogP contribution < -0.4 is 10.9 Å². The molecule has 0 bridgehead atoms. The summed E-state index contributed by atoms with van der Waals surface area (Å²) in [5.41, 5.74) is 5.41. The molecule has 0 aliphatic carbocycles. The van der Waals surface area contributed by atoms with Gasteiger partial charge in [-0.25, -0.2) is 0 Å². The van der Waals surface area contributed by atoms with Gasteiger partial charge in [0.05, 0.1) is 15.7 Å². The highest BCUT2D eigenvalue weighted by atomic mass is 35.5. The Bertz CT molecular complexity index is 362. The molecular formula is C9H11Cl2N3O. The smallest absolute Gasteiger partial charge is 0.145 e. The molecule has 1 rings (SSSR count). The van der Waals surface area contributed by atoms with Crippen molar-refractivity contribution in [1.29, 1.82) is 0 Å². The lowest BCUT2D eigenvalue weighted by Gasteiger charge is -2.04. The molecule has 0 aliphatic rings. The number of hydrogen-bond acceptors (Lipinski definition) is 3. The Balaban J connectivity index is 2.73. The number of nitrogens with one attached hydrogen (secondary N) is 2. The highest BCUT2D eigenvalue weighted by molar-refractivity contribution is 6.42. The first kappa shape index (κ1) is 12.1. The number of hydroxylamine groups is 1. The average molecular weight is 248 g/mol. The van der Waals surface area contributed by atoms with E-state index in [0.29, 0.717) is 28.0 Å². The van der Waals surface area contributed by atoms with Gasteiger partial charge in [0.2, 0.25) is 0 Å². The average Bonchev–Trinajstić information content (AvgIpc) is 2.24. The monoisotopic (exact) mass is 247 g/mol. The van der Waals surface area contributed by atoms with Gasteiger partial charge in [-0.05, 0) is 18.2 Å². The van der Waals surface area contributed by atoms with Crippen LogP contribution in [0.25, 0.3) is 0 Å². The van der Waals surface area contributed by atoms with E-state index in [9.17, 15) is 0 Å². The van der Waals surface area contributed by atoms with Gasteiger partial charge in [-0.2, -0.15) is 5.10 Å². The molecule has 4 nitrogen and oxygen atoms in total. The molecule has 3 N–H and O–H groups in total. The Morgan fingerprint density at radius 3 is 2.67 bits per heavy atom. The summed E-state index contributed by atoms with van der Waals surface area (Å²) in [7, 11) is 0. The van der Waals surface area contributed by atoms with Gasteiger partial charge in [-0.15, -0.1) is 0 Å². The number of nitrogens with zero attached hydrogens (tertiary/aromatic N) is 1. The molecule has 1 aromatic rings. The van der Waals surface area contributed by atoms with Gasteiger partial charge < -0.3 is 0 Å². The minimum absolute atomic E-state index is 0.432. The highest BCUT2D eigenvalue weighted by Gasteiger charge is 1.98. The van der Waals surface area contributed by atoms with Crippen molar-refractivity contribution < 1.29 is 5.21 Å². The van der Waals surface area contributed by atoms with Gasteiger partial charge in [0, 0.05) is 6.42 Å². The van der Waals surface area contributed by atoms with Gasteiger partial charge in [-0.3, -0.25) is 16.1 Å². The van der Waals surface area contributed by atoms with Crippen LogP contribution in [0.5, 0.6) is 0 Å². The van der Waals surface area contributed by atoms with Crippen molar-refractivity contribution in [2.45, 2.75) is 13.3 Å². The number of hydrogen-bond donors (Lipinski definition) is 3. The molecule has 0 radical (unpaired) electrons. The number of benzene rings is 1. The zero-order valence-corrected chi connectivity index (χ0v) is 9.60. The van der Waals surface area contributed by atoms with Crippen LogP contribution in [0.1, 0.15) is 13.3 Å². The first-order chi connectivity index (χ1) is 7.17. The molecule has 15 heavy (non-hydrogen) atoms. The largest absolute Gasteiger partial charge is 0.290 e. The minimum Gasteiger partial charge on any atom is -0.290 e. The van der Waals surface area contributed by atoms with Gasteiger partial charge >= 0.3 is 0 Å². The molecule has 82 valence electrons. The van der Waals surface area contributed by atoms with Crippen molar-refractivity contribution in [3.8, 4) is 0 Å². The van der Waals surface area contributed by atoms with E-state index in [4.69, 9.17) is 28.4 Å². The standard InChI is InChI=1S/C9H11Cl2N3O/c1-2-9(14-15)13-12-6-3-4-7(10)8(11)5-6/h3-5,12,15H,2H2,1H3,(H,13,14). The molecule has 1 aromatic carbocycles. The summed E-state index contributed by atoms with van der Waals surface area (Å²) in [6.45, 7) is 1.86. The molecule has 0 amide bonds. The third-order valence-corrected chi connectivity index (χ3v) is 2.44. The van der Waals surface area contributed by atoms with E-state index < -0.39 is 0 Å². The molecule has 0 aliphatic heterocycles. The van der Waals surface area contributed by atoms with Gasteiger partial charge in [0.1, 0.15) is 5.84 Å². The van der Waals surface area contributed by atoms with Crippen molar-refractivity contribution in [3.05, 3.63) is 28.2 Å². The van der Waals surface area contributed by atoms with E-state index in [0.717, 1.165) is 0 Å². The van der Waals surface area contributed by atoms with E-state index in [2.05, 4.69) is 10.5 Å². The van der Waals surface area contributed by atoms with Crippen LogP contribution in [-0.2, 0) is 0 Å². The maximum Gasteiger partial charge on any atom is 0.145 e. The lowest BCUT2D eigenvalue weighted by Crippen LogP contribution is -2.19.